The molecule has 2 aromatic heterocycles. The van der Waals surface area contributed by atoms with Crippen molar-refractivity contribution in [3.8, 4) is 0 Å². The molecule has 6 N–H and O–H groups in total. The summed E-state index contributed by atoms with van der Waals surface area (Å²) >= 11 is 0. The number of amides is 1. The molecular weight excluding hydrogens is 442 g/mol. The minimum absolute atomic E-state index is 0.128. The largest absolute Gasteiger partial charge is 0.462 e. The van der Waals surface area contributed by atoms with Crippen LogP contribution in [0.4, 0.5) is 17.5 Å². The number of anilines is 3. The zero-order valence-corrected chi connectivity index (χ0v) is 18.8. The molecule has 0 bridgehead atoms. The van der Waals surface area contributed by atoms with E-state index in [1.807, 2.05) is 0 Å². The number of benzene rings is 1. The van der Waals surface area contributed by atoms with Crippen LogP contribution < -0.4 is 16.4 Å². The van der Waals surface area contributed by atoms with E-state index in [-0.39, 0.29) is 30.7 Å². The summed E-state index contributed by atoms with van der Waals surface area (Å²) in [5.41, 5.74) is 7.81. The Labute approximate surface area is 195 Å². The number of hydrogen-bond donors (Lipinski definition) is 5. The van der Waals surface area contributed by atoms with E-state index in [1.54, 1.807) is 42.7 Å². The van der Waals surface area contributed by atoms with Crippen LogP contribution in [0.1, 0.15) is 36.7 Å². The molecule has 12 heteroatoms. The van der Waals surface area contributed by atoms with E-state index in [0.717, 1.165) is 0 Å². The Morgan fingerprint density at radius 1 is 1.18 bits per heavy atom. The van der Waals surface area contributed by atoms with Crippen molar-refractivity contribution in [3.63, 3.8) is 0 Å². The molecule has 3 aromatic rings. The lowest BCUT2D eigenvalue weighted by atomic mass is 10.0. The lowest BCUT2D eigenvalue weighted by Gasteiger charge is -2.18. The third-order valence-electron chi connectivity index (χ3n) is 5.80. The number of fused-ring (bicyclic) bond motifs is 1. The van der Waals surface area contributed by atoms with E-state index in [4.69, 9.17) is 10.5 Å². The molecule has 1 aliphatic carbocycles. The van der Waals surface area contributed by atoms with Crippen LogP contribution in [0.15, 0.2) is 30.6 Å². The van der Waals surface area contributed by atoms with Crippen LogP contribution in [0.5, 0.6) is 0 Å². The van der Waals surface area contributed by atoms with E-state index in [1.165, 1.54) is 6.33 Å². The second-order valence-electron chi connectivity index (χ2n) is 7.96. The predicted molar refractivity (Wildman–Crippen MR) is 123 cm³/mol. The number of esters is 1. The summed E-state index contributed by atoms with van der Waals surface area (Å²) in [7, 11) is 0. The van der Waals surface area contributed by atoms with Crippen LogP contribution in [0.25, 0.3) is 11.2 Å². The molecule has 0 spiro atoms. The zero-order chi connectivity index (χ0) is 24.4. The van der Waals surface area contributed by atoms with Crippen LogP contribution in [-0.2, 0) is 9.53 Å². The van der Waals surface area contributed by atoms with Gasteiger partial charge in [-0.15, -0.1) is 0 Å². The van der Waals surface area contributed by atoms with Gasteiger partial charge in [0.25, 0.3) is 0 Å². The van der Waals surface area contributed by atoms with Gasteiger partial charge in [-0.05, 0) is 44.5 Å². The first-order valence-electron chi connectivity index (χ1n) is 11.0. The van der Waals surface area contributed by atoms with Gasteiger partial charge in [-0.25, -0.2) is 9.78 Å². The third kappa shape index (κ3) is 4.37. The fourth-order valence-corrected chi connectivity index (χ4v) is 4.12. The number of aliphatic hydroxyl groups is 2. The molecule has 180 valence electrons. The summed E-state index contributed by atoms with van der Waals surface area (Å²) in [5, 5.41) is 26.8. The number of hydrogen-bond acceptors (Lipinski definition) is 10. The smallest absolute Gasteiger partial charge is 0.338 e. The third-order valence-corrected chi connectivity index (χ3v) is 5.80. The van der Waals surface area contributed by atoms with Crippen molar-refractivity contribution in [3.05, 3.63) is 36.2 Å². The highest BCUT2D eigenvalue weighted by molar-refractivity contribution is 5.90. The van der Waals surface area contributed by atoms with Crippen LogP contribution >= 0.6 is 0 Å². The molecule has 0 aliphatic heterocycles. The van der Waals surface area contributed by atoms with Crippen molar-refractivity contribution in [1.29, 1.82) is 0 Å². The fourth-order valence-electron chi connectivity index (χ4n) is 4.12. The van der Waals surface area contributed by atoms with Gasteiger partial charge in [-0.3, -0.25) is 4.79 Å². The number of rotatable bonds is 7. The maximum absolute atomic E-state index is 12.3. The Hall–Kier alpha value is -3.77. The molecule has 1 amide bonds. The van der Waals surface area contributed by atoms with Gasteiger partial charge in [-0.2, -0.15) is 9.97 Å². The molecule has 1 aromatic carbocycles. The maximum Gasteiger partial charge on any atom is 0.338 e. The Kier molecular flexibility index (Phi) is 6.61. The molecule has 34 heavy (non-hydrogen) atoms. The van der Waals surface area contributed by atoms with Crippen molar-refractivity contribution in [1.82, 2.24) is 24.8 Å². The van der Waals surface area contributed by atoms with Crippen molar-refractivity contribution in [2.24, 2.45) is 5.92 Å². The highest BCUT2D eigenvalue weighted by Crippen LogP contribution is 2.37. The number of ether oxygens (including phenoxy) is 1. The number of aliphatic hydroxyl groups excluding tert-OH is 2. The minimum atomic E-state index is -1.22. The number of nitrogens with zero attached hydrogens (tertiary/aromatic N) is 4. The zero-order valence-electron chi connectivity index (χ0n) is 18.8. The minimum Gasteiger partial charge on any atom is -0.462 e. The highest BCUT2D eigenvalue weighted by Gasteiger charge is 2.46. The molecular formula is C22H27N7O5. The van der Waals surface area contributed by atoms with E-state index >= 15 is 0 Å². The standard InChI is InChI=1S/C22H27N7O5/c1-3-24-20(32)13-9-14(17(31)16(13)30)29-10-25-15-18(23)27-22(28-19(15)29)26-12-7-5-11(6-8-12)21(33)34-4-2/h5-8,10,13-14,16-17,30-31H,3-4,9H2,1-2H3,(H,24,32)(H3,23,26,27,28)/t13-,14+,16+,17-/m0/s1. The van der Waals surface area contributed by atoms with Gasteiger partial charge in [0.15, 0.2) is 11.5 Å². The predicted octanol–water partition coefficient (Wildman–Crippen LogP) is 0.748. The highest BCUT2D eigenvalue weighted by atomic mass is 16.5. The lowest BCUT2D eigenvalue weighted by Crippen LogP contribution is -2.38. The molecule has 1 saturated carbocycles. The van der Waals surface area contributed by atoms with Crippen molar-refractivity contribution in [2.45, 2.75) is 38.5 Å². The second-order valence-corrected chi connectivity index (χ2v) is 7.96. The molecule has 0 saturated heterocycles. The maximum atomic E-state index is 12.3. The Morgan fingerprint density at radius 2 is 1.91 bits per heavy atom. The quantitative estimate of drug-likeness (QED) is 0.310. The fraction of sp³-hybridized carbons (Fsp3) is 0.409. The van der Waals surface area contributed by atoms with Crippen LogP contribution in [0.2, 0.25) is 0 Å². The molecule has 4 atom stereocenters. The Bertz CT molecular complexity index is 1200. The van der Waals surface area contributed by atoms with Gasteiger partial charge >= 0.3 is 5.97 Å². The van der Waals surface area contributed by atoms with E-state index < -0.39 is 30.1 Å². The average molecular weight is 470 g/mol. The number of carbonyl (C=O) groups is 2. The monoisotopic (exact) mass is 469 g/mol. The molecule has 1 aliphatic rings. The Balaban J connectivity index is 1.60. The molecule has 12 nitrogen and oxygen atoms in total. The SMILES string of the molecule is CCNC(=O)[C@H]1C[C@@H](n2cnc3c(N)nc(Nc4ccc(C(=O)OCC)cc4)nc32)[C@H](O)[C@@H]1O. The van der Waals surface area contributed by atoms with Crippen LogP contribution in [0.3, 0.4) is 0 Å². The molecule has 4 rings (SSSR count). The summed E-state index contributed by atoms with van der Waals surface area (Å²) < 4.78 is 6.59. The number of nitrogen functional groups attached to an aromatic ring is 1. The lowest BCUT2D eigenvalue weighted by molar-refractivity contribution is -0.128. The summed E-state index contributed by atoms with van der Waals surface area (Å²) in [6.45, 7) is 4.24. The number of imidazole rings is 1. The normalized spacial score (nSPS) is 22.0. The van der Waals surface area contributed by atoms with E-state index in [9.17, 15) is 19.8 Å². The van der Waals surface area contributed by atoms with Gasteiger partial charge in [0.1, 0.15) is 11.6 Å². The van der Waals surface area contributed by atoms with Crippen LogP contribution in [-0.4, -0.2) is 67.0 Å². The van der Waals surface area contributed by atoms with E-state index in [0.29, 0.717) is 29.0 Å². The summed E-state index contributed by atoms with van der Waals surface area (Å²) in [6.07, 6.45) is -0.729. The number of aromatic nitrogens is 4. The second kappa shape index (κ2) is 9.61. The van der Waals surface area contributed by atoms with Gasteiger partial charge in [0.05, 0.1) is 36.6 Å². The van der Waals surface area contributed by atoms with Gasteiger partial charge in [0, 0.05) is 12.2 Å². The molecule has 1 fully saturated rings. The molecule has 2 heterocycles. The summed E-state index contributed by atoms with van der Waals surface area (Å²) in [6, 6.07) is 5.97. The number of nitrogens with one attached hydrogen (secondary N) is 2. The van der Waals surface area contributed by atoms with Crippen molar-refractivity contribution in [2.75, 3.05) is 24.2 Å². The summed E-state index contributed by atoms with van der Waals surface area (Å²) in [4.78, 5) is 37.1. The van der Waals surface area contributed by atoms with E-state index in [2.05, 4.69) is 25.6 Å². The average Bonchev–Trinajstić information content (AvgIpc) is 3.36. The van der Waals surface area contributed by atoms with Gasteiger partial charge < -0.3 is 35.9 Å². The van der Waals surface area contributed by atoms with Crippen molar-refractivity contribution < 1.29 is 24.5 Å². The summed E-state index contributed by atoms with van der Waals surface area (Å²) in [5.74, 6) is -1.18. The first-order valence-corrected chi connectivity index (χ1v) is 11.0. The topological polar surface area (TPSA) is 178 Å². The van der Waals surface area contributed by atoms with Gasteiger partial charge in [0.2, 0.25) is 11.9 Å². The number of carbonyl (C=O) groups excluding carboxylic acids is 2. The number of nitrogens with two attached hydrogens (primary N) is 1. The Morgan fingerprint density at radius 3 is 2.59 bits per heavy atom. The molecule has 0 unspecified atom stereocenters. The first-order chi connectivity index (χ1) is 16.3. The molecule has 0 radical (unpaired) electrons. The van der Waals surface area contributed by atoms with Gasteiger partial charge in [-0.1, -0.05) is 0 Å². The van der Waals surface area contributed by atoms with Crippen molar-refractivity contribution >= 4 is 40.5 Å². The van der Waals surface area contributed by atoms with Crippen LogP contribution in [0, 0.1) is 5.92 Å². The first kappa shape index (κ1) is 23.4.